The molecule has 0 bridgehead atoms. The van der Waals surface area contributed by atoms with E-state index in [1.54, 1.807) is 11.1 Å². The van der Waals surface area contributed by atoms with Crippen molar-refractivity contribution in [3.05, 3.63) is 53.9 Å². The molecule has 2 heterocycles. The van der Waals surface area contributed by atoms with Crippen LogP contribution in [0.15, 0.2) is 42.6 Å². The van der Waals surface area contributed by atoms with Crippen molar-refractivity contribution in [2.45, 2.75) is 13.5 Å². The molecule has 0 atom stereocenters. The smallest absolute Gasteiger partial charge is 0.410 e. The Labute approximate surface area is 135 Å². The van der Waals surface area contributed by atoms with E-state index in [0.717, 1.165) is 17.2 Å². The van der Waals surface area contributed by atoms with Gasteiger partial charge >= 0.3 is 6.09 Å². The molecule has 1 saturated heterocycles. The number of carbonyl (C=O) groups is 1. The molecule has 0 unspecified atom stereocenters. The summed E-state index contributed by atoms with van der Waals surface area (Å²) in [6.45, 7) is 4.91. The Kier molecular flexibility index (Phi) is 4.71. The summed E-state index contributed by atoms with van der Waals surface area (Å²) in [6.07, 6.45) is 1.50. The molecule has 1 amide bonds. The monoisotopic (exact) mass is 312 g/mol. The van der Waals surface area contributed by atoms with Crippen molar-refractivity contribution in [3.8, 4) is 0 Å². The highest BCUT2D eigenvalue weighted by Gasteiger charge is 2.23. The van der Waals surface area contributed by atoms with E-state index >= 15 is 0 Å². The molecule has 1 aromatic carbocycles. The number of rotatable bonds is 3. The minimum atomic E-state index is -0.265. The molecule has 120 valence electrons. The molecule has 0 spiro atoms. The van der Waals surface area contributed by atoms with Crippen molar-refractivity contribution >= 4 is 12.0 Å². The van der Waals surface area contributed by atoms with Crippen LogP contribution >= 0.6 is 0 Å². The molecule has 1 aromatic heterocycles. The summed E-state index contributed by atoms with van der Waals surface area (Å²) in [7, 11) is 0. The largest absolute Gasteiger partial charge is 0.445 e. The SMILES string of the molecule is Cc1ccnc(N2CCN(C(=O)OCc3ccccc3)CC2)n1. The number of aryl methyl sites for hydroxylation is 1. The lowest BCUT2D eigenvalue weighted by molar-refractivity contribution is 0.0940. The van der Waals surface area contributed by atoms with E-state index in [1.807, 2.05) is 43.3 Å². The van der Waals surface area contributed by atoms with Gasteiger partial charge in [-0.25, -0.2) is 14.8 Å². The summed E-state index contributed by atoms with van der Waals surface area (Å²) < 4.78 is 5.36. The van der Waals surface area contributed by atoms with Crippen LogP contribution in [0.2, 0.25) is 0 Å². The number of benzene rings is 1. The summed E-state index contributed by atoms with van der Waals surface area (Å²) in [6, 6.07) is 11.6. The summed E-state index contributed by atoms with van der Waals surface area (Å²) in [5, 5.41) is 0. The summed E-state index contributed by atoms with van der Waals surface area (Å²) >= 11 is 0. The highest BCUT2D eigenvalue weighted by atomic mass is 16.6. The minimum Gasteiger partial charge on any atom is -0.445 e. The standard InChI is InChI=1S/C17H20N4O2/c1-14-7-8-18-16(19-14)20-9-11-21(12-10-20)17(22)23-13-15-5-3-2-4-6-15/h2-8H,9-13H2,1H3. The molecule has 1 aliphatic heterocycles. The van der Waals surface area contributed by atoms with Crippen LogP contribution in [0.5, 0.6) is 0 Å². The fraction of sp³-hybridized carbons (Fsp3) is 0.353. The Hall–Kier alpha value is -2.63. The van der Waals surface area contributed by atoms with Crippen LogP contribution in [-0.4, -0.2) is 47.1 Å². The maximum Gasteiger partial charge on any atom is 0.410 e. The van der Waals surface area contributed by atoms with Gasteiger partial charge in [-0.3, -0.25) is 0 Å². The van der Waals surface area contributed by atoms with E-state index < -0.39 is 0 Å². The average Bonchev–Trinajstić information content (AvgIpc) is 2.61. The molecule has 6 nitrogen and oxygen atoms in total. The van der Waals surface area contributed by atoms with Gasteiger partial charge in [0.2, 0.25) is 5.95 Å². The molecule has 1 fully saturated rings. The van der Waals surface area contributed by atoms with Gasteiger partial charge in [0, 0.05) is 38.1 Å². The third-order valence-electron chi connectivity index (χ3n) is 3.81. The van der Waals surface area contributed by atoms with Gasteiger partial charge in [0.05, 0.1) is 0 Å². The van der Waals surface area contributed by atoms with Crippen molar-refractivity contribution in [1.29, 1.82) is 0 Å². The zero-order valence-electron chi connectivity index (χ0n) is 13.2. The quantitative estimate of drug-likeness (QED) is 0.870. The van der Waals surface area contributed by atoms with Gasteiger partial charge in [0.25, 0.3) is 0 Å². The molecule has 0 aliphatic carbocycles. The number of ether oxygens (including phenoxy) is 1. The van der Waals surface area contributed by atoms with Gasteiger partial charge in [0.15, 0.2) is 0 Å². The number of amides is 1. The first kappa shape index (κ1) is 15.3. The lowest BCUT2D eigenvalue weighted by atomic mass is 10.2. The molecule has 0 saturated carbocycles. The number of carbonyl (C=O) groups excluding carboxylic acids is 1. The van der Waals surface area contributed by atoms with E-state index in [9.17, 15) is 4.79 Å². The minimum absolute atomic E-state index is 0.265. The maximum absolute atomic E-state index is 12.1. The molecule has 23 heavy (non-hydrogen) atoms. The second-order valence-corrected chi connectivity index (χ2v) is 5.51. The van der Waals surface area contributed by atoms with E-state index in [-0.39, 0.29) is 6.09 Å². The number of hydrogen-bond donors (Lipinski definition) is 0. The van der Waals surface area contributed by atoms with E-state index in [0.29, 0.717) is 32.8 Å². The second kappa shape index (κ2) is 7.09. The zero-order chi connectivity index (χ0) is 16.1. The number of nitrogens with zero attached hydrogens (tertiary/aromatic N) is 4. The molecular weight excluding hydrogens is 292 g/mol. The van der Waals surface area contributed by atoms with Crippen LogP contribution in [-0.2, 0) is 11.3 Å². The third-order valence-corrected chi connectivity index (χ3v) is 3.81. The van der Waals surface area contributed by atoms with Crippen molar-refractivity contribution in [2.24, 2.45) is 0 Å². The Morgan fingerprint density at radius 3 is 2.57 bits per heavy atom. The number of anilines is 1. The lowest BCUT2D eigenvalue weighted by Crippen LogP contribution is -2.49. The predicted molar refractivity (Wildman–Crippen MR) is 87.2 cm³/mol. The van der Waals surface area contributed by atoms with E-state index in [4.69, 9.17) is 4.74 Å². The van der Waals surface area contributed by atoms with Gasteiger partial charge < -0.3 is 14.5 Å². The van der Waals surface area contributed by atoms with Crippen molar-refractivity contribution in [3.63, 3.8) is 0 Å². The Balaban J connectivity index is 1.49. The fourth-order valence-electron chi connectivity index (χ4n) is 2.49. The first-order valence-corrected chi connectivity index (χ1v) is 7.72. The van der Waals surface area contributed by atoms with E-state index in [1.165, 1.54) is 0 Å². The Morgan fingerprint density at radius 2 is 1.87 bits per heavy atom. The van der Waals surface area contributed by atoms with Crippen LogP contribution in [0.4, 0.5) is 10.7 Å². The molecule has 1 aliphatic rings. The normalized spacial score (nSPS) is 14.7. The predicted octanol–water partition coefficient (Wildman–Crippen LogP) is 2.24. The van der Waals surface area contributed by atoms with E-state index in [2.05, 4.69) is 14.9 Å². The Bertz CT molecular complexity index is 655. The lowest BCUT2D eigenvalue weighted by Gasteiger charge is -2.34. The summed E-state index contributed by atoms with van der Waals surface area (Å²) in [5.41, 5.74) is 1.94. The topological polar surface area (TPSA) is 58.6 Å². The second-order valence-electron chi connectivity index (χ2n) is 5.51. The van der Waals surface area contributed by atoms with Crippen LogP contribution < -0.4 is 4.90 Å². The molecule has 2 aromatic rings. The van der Waals surface area contributed by atoms with Gasteiger partial charge in [-0.1, -0.05) is 30.3 Å². The third kappa shape index (κ3) is 3.97. The number of aromatic nitrogens is 2. The van der Waals surface area contributed by atoms with Gasteiger partial charge in [-0.2, -0.15) is 0 Å². The zero-order valence-corrected chi connectivity index (χ0v) is 13.2. The number of piperazine rings is 1. The molecule has 6 heteroatoms. The first-order valence-electron chi connectivity index (χ1n) is 7.72. The van der Waals surface area contributed by atoms with Crippen LogP contribution in [0.3, 0.4) is 0 Å². The highest BCUT2D eigenvalue weighted by molar-refractivity contribution is 5.68. The van der Waals surface area contributed by atoms with Crippen molar-refractivity contribution in [2.75, 3.05) is 31.1 Å². The maximum atomic E-state index is 12.1. The van der Waals surface area contributed by atoms with Gasteiger partial charge in [-0.05, 0) is 18.6 Å². The molecule has 0 radical (unpaired) electrons. The molecule has 0 N–H and O–H groups in total. The van der Waals surface area contributed by atoms with Gasteiger partial charge in [-0.15, -0.1) is 0 Å². The van der Waals surface area contributed by atoms with Crippen molar-refractivity contribution in [1.82, 2.24) is 14.9 Å². The number of hydrogen-bond acceptors (Lipinski definition) is 5. The van der Waals surface area contributed by atoms with Gasteiger partial charge in [0.1, 0.15) is 6.61 Å². The molecule has 3 rings (SSSR count). The highest BCUT2D eigenvalue weighted by Crippen LogP contribution is 2.12. The molecular formula is C17H20N4O2. The fourth-order valence-corrected chi connectivity index (χ4v) is 2.49. The Morgan fingerprint density at radius 1 is 1.13 bits per heavy atom. The average molecular weight is 312 g/mol. The summed E-state index contributed by atoms with van der Waals surface area (Å²) in [5.74, 6) is 0.724. The summed E-state index contributed by atoms with van der Waals surface area (Å²) in [4.78, 5) is 24.7. The van der Waals surface area contributed by atoms with Crippen LogP contribution in [0.25, 0.3) is 0 Å². The van der Waals surface area contributed by atoms with Crippen LogP contribution in [0.1, 0.15) is 11.3 Å². The first-order chi connectivity index (χ1) is 11.2. The van der Waals surface area contributed by atoms with Crippen molar-refractivity contribution < 1.29 is 9.53 Å². The van der Waals surface area contributed by atoms with Crippen LogP contribution in [0, 0.1) is 6.92 Å².